The Hall–Kier alpha value is -3.80. The van der Waals surface area contributed by atoms with E-state index in [1.54, 1.807) is 42.8 Å². The maximum atomic E-state index is 13.0. The molecule has 8 nitrogen and oxygen atoms in total. The van der Waals surface area contributed by atoms with Crippen LogP contribution in [0.2, 0.25) is 0 Å². The monoisotopic (exact) mass is 517 g/mol. The van der Waals surface area contributed by atoms with Crippen molar-refractivity contribution in [2.75, 3.05) is 17.1 Å². The fourth-order valence-electron chi connectivity index (χ4n) is 3.81. The molecule has 1 fully saturated rings. The van der Waals surface area contributed by atoms with Crippen molar-refractivity contribution in [1.29, 1.82) is 0 Å². The van der Waals surface area contributed by atoms with Crippen molar-refractivity contribution in [1.82, 2.24) is 14.6 Å². The van der Waals surface area contributed by atoms with Gasteiger partial charge in [0.1, 0.15) is 17.3 Å². The molecular weight excluding hydrogens is 495 g/mol. The molecule has 1 aliphatic rings. The number of fused-ring (bicyclic) bond motifs is 1. The molecule has 1 aliphatic carbocycles. The average Bonchev–Trinajstić information content (AvgIpc) is 3.63. The molecule has 5 rings (SSSR count). The van der Waals surface area contributed by atoms with Crippen LogP contribution in [0, 0.1) is 6.92 Å². The van der Waals surface area contributed by atoms with Crippen LogP contribution in [0.3, 0.4) is 0 Å². The van der Waals surface area contributed by atoms with Gasteiger partial charge in [0.2, 0.25) is 10.0 Å². The number of nitrogens with one attached hydrogen (secondary N) is 2. The summed E-state index contributed by atoms with van der Waals surface area (Å²) in [4.78, 5) is 0. The zero-order valence-corrected chi connectivity index (χ0v) is 20.1. The van der Waals surface area contributed by atoms with Crippen LogP contribution >= 0.6 is 0 Å². The number of anilines is 2. The Kier molecular flexibility index (Phi) is 5.78. The van der Waals surface area contributed by atoms with Crippen LogP contribution in [-0.2, 0) is 16.2 Å². The number of aromatic nitrogens is 3. The molecule has 1 saturated carbocycles. The van der Waals surface area contributed by atoms with Gasteiger partial charge in [0.15, 0.2) is 5.65 Å². The molecule has 0 spiro atoms. The molecule has 0 aliphatic heterocycles. The van der Waals surface area contributed by atoms with Crippen molar-refractivity contribution in [3.05, 3.63) is 66.1 Å². The highest BCUT2D eigenvalue weighted by Crippen LogP contribution is 2.39. The van der Waals surface area contributed by atoms with E-state index in [2.05, 4.69) is 20.2 Å². The van der Waals surface area contributed by atoms with Crippen LogP contribution in [0.4, 0.5) is 24.5 Å². The largest absolute Gasteiger partial charge is 0.457 e. The van der Waals surface area contributed by atoms with Gasteiger partial charge < -0.3 is 10.1 Å². The lowest BCUT2D eigenvalue weighted by Crippen LogP contribution is -2.17. The molecule has 2 N–H and O–H groups in total. The Bertz CT molecular complexity index is 1550. The van der Waals surface area contributed by atoms with Crippen molar-refractivity contribution in [3.63, 3.8) is 0 Å². The molecule has 0 bridgehead atoms. The molecule has 2 heterocycles. The SMILES string of the molecule is CNc1cc(-c2cc(NS(=O)(=O)C3CC3)ccc2Oc2ccc(C(F)(F)F)cc2)cn2c(C)nnc12. The number of sulfonamides is 1. The normalized spacial score (nSPS) is 14.1. The van der Waals surface area contributed by atoms with E-state index < -0.39 is 27.0 Å². The van der Waals surface area contributed by atoms with E-state index in [4.69, 9.17) is 4.74 Å². The van der Waals surface area contributed by atoms with Gasteiger partial charge in [0, 0.05) is 30.1 Å². The highest BCUT2D eigenvalue weighted by Gasteiger charge is 2.36. The predicted molar refractivity (Wildman–Crippen MR) is 130 cm³/mol. The number of halogens is 3. The van der Waals surface area contributed by atoms with E-state index in [1.165, 1.54) is 12.1 Å². The number of benzene rings is 2. The molecule has 188 valence electrons. The summed E-state index contributed by atoms with van der Waals surface area (Å²) < 4.78 is 74.3. The van der Waals surface area contributed by atoms with E-state index >= 15 is 0 Å². The summed E-state index contributed by atoms with van der Waals surface area (Å²) >= 11 is 0. The number of hydrogen-bond acceptors (Lipinski definition) is 6. The van der Waals surface area contributed by atoms with Crippen molar-refractivity contribution >= 4 is 27.0 Å². The smallest absolute Gasteiger partial charge is 0.416 e. The van der Waals surface area contributed by atoms with Crippen LogP contribution in [0.15, 0.2) is 54.7 Å². The van der Waals surface area contributed by atoms with Crippen molar-refractivity contribution < 1.29 is 26.3 Å². The van der Waals surface area contributed by atoms with Crippen LogP contribution < -0.4 is 14.8 Å². The number of aryl methyl sites for hydroxylation is 1. The Morgan fingerprint density at radius 1 is 1.06 bits per heavy atom. The summed E-state index contributed by atoms with van der Waals surface area (Å²) in [6.45, 7) is 1.79. The second-order valence-corrected chi connectivity index (χ2v) is 10.5. The fourth-order valence-corrected chi connectivity index (χ4v) is 5.19. The van der Waals surface area contributed by atoms with Gasteiger partial charge >= 0.3 is 6.18 Å². The topological polar surface area (TPSA) is 97.6 Å². The van der Waals surface area contributed by atoms with E-state index in [0.717, 1.165) is 12.1 Å². The van der Waals surface area contributed by atoms with Gasteiger partial charge in [0.25, 0.3) is 0 Å². The zero-order chi connectivity index (χ0) is 25.7. The second-order valence-electron chi connectivity index (χ2n) is 8.51. The van der Waals surface area contributed by atoms with Crippen LogP contribution in [-0.4, -0.2) is 35.3 Å². The van der Waals surface area contributed by atoms with Crippen LogP contribution in [0.1, 0.15) is 24.2 Å². The third-order valence-electron chi connectivity index (χ3n) is 5.87. The van der Waals surface area contributed by atoms with E-state index in [9.17, 15) is 21.6 Å². The minimum absolute atomic E-state index is 0.200. The van der Waals surface area contributed by atoms with Gasteiger partial charge in [-0.25, -0.2) is 8.42 Å². The minimum atomic E-state index is -4.46. The number of nitrogens with zero attached hydrogens (tertiary/aromatic N) is 3. The Labute approximate surface area is 205 Å². The molecule has 0 unspecified atom stereocenters. The van der Waals surface area contributed by atoms with Crippen molar-refractivity contribution in [3.8, 4) is 22.6 Å². The van der Waals surface area contributed by atoms with E-state index in [0.29, 0.717) is 52.6 Å². The molecule has 0 atom stereocenters. The number of hydrogen-bond donors (Lipinski definition) is 2. The molecule has 36 heavy (non-hydrogen) atoms. The number of pyridine rings is 1. The van der Waals surface area contributed by atoms with Crippen molar-refractivity contribution in [2.24, 2.45) is 0 Å². The molecule has 12 heteroatoms. The summed E-state index contributed by atoms with van der Waals surface area (Å²) in [5, 5.41) is 10.9. The standard InChI is InChI=1S/C24H22F3N5O3S/c1-14-29-30-23-21(28-2)11-15(13-32(14)23)20-12-17(31-36(33,34)19-8-9-19)5-10-22(20)35-18-6-3-16(4-7-18)24(25,26)27/h3-7,10-13,19,28,31H,8-9H2,1-2H3. The lowest BCUT2D eigenvalue weighted by Gasteiger charge is -2.16. The second kappa shape index (κ2) is 8.70. The van der Waals surface area contributed by atoms with Gasteiger partial charge in [0.05, 0.1) is 16.5 Å². The first-order valence-corrected chi connectivity index (χ1v) is 12.6. The van der Waals surface area contributed by atoms with Gasteiger partial charge in [-0.1, -0.05) is 0 Å². The quantitative estimate of drug-likeness (QED) is 0.338. The number of rotatable bonds is 7. The molecule has 4 aromatic rings. The molecule has 2 aromatic heterocycles. The number of alkyl halides is 3. The molecule has 0 amide bonds. The summed E-state index contributed by atoms with van der Waals surface area (Å²) in [7, 11) is -1.77. The van der Waals surface area contributed by atoms with Gasteiger partial charge in [-0.05, 0) is 68.3 Å². The highest BCUT2D eigenvalue weighted by molar-refractivity contribution is 7.93. The van der Waals surface area contributed by atoms with Gasteiger partial charge in [-0.2, -0.15) is 13.2 Å². The Morgan fingerprint density at radius 3 is 2.42 bits per heavy atom. The first kappa shape index (κ1) is 23.9. The first-order valence-electron chi connectivity index (χ1n) is 11.1. The summed E-state index contributed by atoms with van der Waals surface area (Å²) in [6.07, 6.45) is -1.43. The third-order valence-corrected chi connectivity index (χ3v) is 7.74. The average molecular weight is 518 g/mol. The summed E-state index contributed by atoms with van der Waals surface area (Å²) in [5.41, 5.74) is 2.03. The van der Waals surface area contributed by atoms with Crippen LogP contribution in [0.5, 0.6) is 11.5 Å². The van der Waals surface area contributed by atoms with Gasteiger partial charge in [-0.3, -0.25) is 9.12 Å². The number of ether oxygens (including phenoxy) is 1. The minimum Gasteiger partial charge on any atom is -0.457 e. The molecular formula is C24H22F3N5O3S. The molecule has 2 aromatic carbocycles. The lowest BCUT2D eigenvalue weighted by molar-refractivity contribution is -0.137. The maximum absolute atomic E-state index is 13.0. The highest BCUT2D eigenvalue weighted by atomic mass is 32.2. The third kappa shape index (κ3) is 4.68. The fraction of sp³-hybridized carbons (Fsp3) is 0.250. The molecule has 0 radical (unpaired) electrons. The Balaban J connectivity index is 1.59. The predicted octanol–water partition coefficient (Wildman–Crippen LogP) is 5.46. The van der Waals surface area contributed by atoms with E-state index in [-0.39, 0.29) is 5.75 Å². The van der Waals surface area contributed by atoms with Crippen molar-refractivity contribution in [2.45, 2.75) is 31.2 Å². The Morgan fingerprint density at radius 2 is 1.78 bits per heavy atom. The zero-order valence-electron chi connectivity index (χ0n) is 19.3. The van der Waals surface area contributed by atoms with Gasteiger partial charge in [-0.15, -0.1) is 10.2 Å². The summed E-state index contributed by atoms with van der Waals surface area (Å²) in [6, 6.07) is 11.0. The lowest BCUT2D eigenvalue weighted by atomic mass is 10.0. The molecule has 0 saturated heterocycles. The first-order chi connectivity index (χ1) is 17.0. The maximum Gasteiger partial charge on any atom is 0.416 e. The summed E-state index contributed by atoms with van der Waals surface area (Å²) in [5.74, 6) is 1.17. The van der Waals surface area contributed by atoms with Crippen LogP contribution in [0.25, 0.3) is 16.8 Å². The van der Waals surface area contributed by atoms with E-state index in [1.807, 2.05) is 6.07 Å².